The van der Waals surface area contributed by atoms with Crippen LogP contribution in [0.1, 0.15) is 22.2 Å². The number of hydrogen-bond acceptors (Lipinski definition) is 6. The molecular weight excluding hydrogens is 438 g/mol. The minimum absolute atomic E-state index is 0.0312. The molecule has 2 heterocycles. The summed E-state index contributed by atoms with van der Waals surface area (Å²) in [7, 11) is 0. The molecule has 8 heteroatoms. The van der Waals surface area contributed by atoms with Crippen molar-refractivity contribution in [2.75, 3.05) is 36.5 Å². The minimum atomic E-state index is -0.0312. The number of carbonyl (C=O) groups is 2. The fraction of sp³-hybridized carbons (Fsp3) is 0.280. The molecule has 1 atom stereocenters. The molecule has 1 aliphatic heterocycles. The van der Waals surface area contributed by atoms with Gasteiger partial charge in [-0.05, 0) is 54.6 Å². The van der Waals surface area contributed by atoms with Crippen LogP contribution in [0.5, 0.6) is 5.75 Å². The summed E-state index contributed by atoms with van der Waals surface area (Å²) >= 11 is 1.44. The van der Waals surface area contributed by atoms with Gasteiger partial charge in [0.15, 0.2) is 0 Å². The van der Waals surface area contributed by atoms with E-state index in [0.717, 1.165) is 54.5 Å². The molecule has 174 valence electrons. The topological polar surface area (TPSA) is 90.9 Å². The van der Waals surface area contributed by atoms with Gasteiger partial charge in [0.05, 0.1) is 29.5 Å². The van der Waals surface area contributed by atoms with Gasteiger partial charge < -0.3 is 25.4 Å². The van der Waals surface area contributed by atoms with Gasteiger partial charge >= 0.3 is 0 Å². The molecule has 1 aromatic heterocycles. The van der Waals surface area contributed by atoms with E-state index < -0.39 is 0 Å². The highest BCUT2D eigenvalue weighted by molar-refractivity contribution is 7.12. The maximum absolute atomic E-state index is 11.8. The molecule has 0 radical (unpaired) electrons. The summed E-state index contributed by atoms with van der Waals surface area (Å²) in [6.45, 7) is 5.21. The molecule has 3 N–H and O–H groups in total. The summed E-state index contributed by atoms with van der Waals surface area (Å²) in [6, 6.07) is 18.6. The normalized spacial score (nSPS) is 13.9. The molecular formula is C25H29N3O4S. The van der Waals surface area contributed by atoms with E-state index in [4.69, 9.17) is 4.74 Å². The first-order chi connectivity index (χ1) is 16.1. The Labute approximate surface area is 198 Å². The maximum Gasteiger partial charge on any atom is 0.261 e. The predicted octanol–water partition coefficient (Wildman–Crippen LogP) is 3.91. The van der Waals surface area contributed by atoms with Crippen molar-refractivity contribution >= 4 is 35.0 Å². The molecule has 7 nitrogen and oxygen atoms in total. The van der Waals surface area contributed by atoms with Crippen LogP contribution in [0.25, 0.3) is 0 Å². The fourth-order valence-corrected chi connectivity index (χ4v) is 4.11. The van der Waals surface area contributed by atoms with Gasteiger partial charge in [-0.2, -0.15) is 0 Å². The van der Waals surface area contributed by atoms with Crippen molar-refractivity contribution in [3.63, 3.8) is 0 Å². The number of nitrogens with zero attached hydrogens (tertiary/aromatic N) is 1. The summed E-state index contributed by atoms with van der Waals surface area (Å²) in [5.41, 5.74) is 3.01. The van der Waals surface area contributed by atoms with Crippen LogP contribution in [-0.2, 0) is 16.0 Å². The predicted molar refractivity (Wildman–Crippen MR) is 132 cm³/mol. The first-order valence-corrected chi connectivity index (χ1v) is 11.7. The van der Waals surface area contributed by atoms with Gasteiger partial charge in [-0.3, -0.25) is 9.59 Å². The lowest BCUT2D eigenvalue weighted by atomic mass is 10.1. The molecule has 0 bridgehead atoms. The van der Waals surface area contributed by atoms with Gasteiger partial charge in [0.1, 0.15) is 5.75 Å². The average molecular weight is 468 g/mol. The SMILES string of the molecule is CC(Cc1ccc(O)cc1)NC(=O)c1cccs1.O=CNc1ccccc1N1CCOCC1. The number of rotatable bonds is 7. The Morgan fingerprint density at radius 3 is 2.52 bits per heavy atom. The van der Waals surface area contributed by atoms with Crippen molar-refractivity contribution in [1.29, 1.82) is 0 Å². The molecule has 1 aliphatic rings. The van der Waals surface area contributed by atoms with E-state index in [2.05, 4.69) is 15.5 Å². The molecule has 1 saturated heterocycles. The van der Waals surface area contributed by atoms with Crippen molar-refractivity contribution < 1.29 is 19.4 Å². The zero-order valence-corrected chi connectivity index (χ0v) is 19.4. The van der Waals surface area contributed by atoms with Crippen LogP contribution in [0.4, 0.5) is 11.4 Å². The summed E-state index contributed by atoms with van der Waals surface area (Å²) in [5, 5.41) is 16.7. The minimum Gasteiger partial charge on any atom is -0.508 e. The molecule has 1 fully saturated rings. The largest absolute Gasteiger partial charge is 0.508 e. The number of morpholine rings is 1. The lowest BCUT2D eigenvalue weighted by Crippen LogP contribution is -2.36. The van der Waals surface area contributed by atoms with Crippen LogP contribution in [0.3, 0.4) is 0 Å². The van der Waals surface area contributed by atoms with Gasteiger partial charge in [0.25, 0.3) is 5.91 Å². The number of carbonyl (C=O) groups excluding carboxylic acids is 2. The van der Waals surface area contributed by atoms with Crippen molar-refractivity contribution in [2.45, 2.75) is 19.4 Å². The number of nitrogens with one attached hydrogen (secondary N) is 2. The van der Waals surface area contributed by atoms with Crippen LogP contribution in [0.2, 0.25) is 0 Å². The number of amides is 2. The van der Waals surface area contributed by atoms with Gasteiger partial charge in [0, 0.05) is 19.1 Å². The second-order valence-electron chi connectivity index (χ2n) is 7.60. The summed E-state index contributed by atoms with van der Waals surface area (Å²) in [4.78, 5) is 25.2. The number of anilines is 2. The Morgan fingerprint density at radius 2 is 1.85 bits per heavy atom. The van der Waals surface area contributed by atoms with E-state index >= 15 is 0 Å². The first-order valence-electron chi connectivity index (χ1n) is 10.8. The third kappa shape index (κ3) is 7.62. The standard InChI is InChI=1S/C14H15NO2S.C11H14N2O2/c1-10(9-11-4-6-12(16)7-5-11)15-14(17)13-3-2-8-18-13;14-9-12-10-3-1-2-4-11(10)13-5-7-15-8-6-13/h2-8,10,16H,9H2,1H3,(H,15,17);1-4,9H,5-8H2,(H,12,14). The fourth-order valence-electron chi connectivity index (χ4n) is 3.48. The van der Waals surface area contributed by atoms with Crippen molar-refractivity contribution in [1.82, 2.24) is 5.32 Å². The monoisotopic (exact) mass is 467 g/mol. The van der Waals surface area contributed by atoms with E-state index in [1.807, 2.05) is 60.8 Å². The Kier molecular flexibility index (Phi) is 9.29. The van der Waals surface area contributed by atoms with Crippen LogP contribution in [0, 0.1) is 0 Å². The quantitative estimate of drug-likeness (QED) is 0.459. The lowest BCUT2D eigenvalue weighted by molar-refractivity contribution is -0.105. The highest BCUT2D eigenvalue weighted by atomic mass is 32.1. The van der Waals surface area contributed by atoms with Crippen LogP contribution >= 0.6 is 11.3 Å². The molecule has 2 aromatic carbocycles. The Bertz CT molecular complexity index is 1000. The Morgan fingerprint density at radius 1 is 1.12 bits per heavy atom. The third-order valence-corrected chi connectivity index (χ3v) is 5.94. The van der Waals surface area contributed by atoms with E-state index in [1.165, 1.54) is 11.3 Å². The van der Waals surface area contributed by atoms with Crippen molar-refractivity contribution in [3.05, 3.63) is 76.5 Å². The number of hydrogen-bond donors (Lipinski definition) is 3. The molecule has 33 heavy (non-hydrogen) atoms. The van der Waals surface area contributed by atoms with E-state index in [0.29, 0.717) is 6.41 Å². The van der Waals surface area contributed by atoms with Crippen molar-refractivity contribution in [3.8, 4) is 5.75 Å². The summed E-state index contributed by atoms with van der Waals surface area (Å²) in [6.07, 6.45) is 1.46. The third-order valence-electron chi connectivity index (χ3n) is 5.07. The van der Waals surface area contributed by atoms with Crippen LogP contribution in [0.15, 0.2) is 66.0 Å². The molecule has 1 unspecified atom stereocenters. The van der Waals surface area contributed by atoms with E-state index in [-0.39, 0.29) is 17.7 Å². The first kappa shape index (κ1) is 24.3. The number of aromatic hydroxyl groups is 1. The number of phenolic OH excluding ortho intramolecular Hbond substituents is 1. The molecule has 3 aromatic rings. The van der Waals surface area contributed by atoms with Gasteiger partial charge in [-0.25, -0.2) is 0 Å². The lowest BCUT2D eigenvalue weighted by Gasteiger charge is -2.30. The molecule has 2 amide bonds. The summed E-state index contributed by atoms with van der Waals surface area (Å²) < 4.78 is 5.29. The van der Waals surface area contributed by atoms with Crippen LogP contribution < -0.4 is 15.5 Å². The maximum atomic E-state index is 11.8. The number of phenols is 1. The number of thiophene rings is 1. The smallest absolute Gasteiger partial charge is 0.261 e. The molecule has 0 spiro atoms. The molecule has 0 saturated carbocycles. The zero-order valence-electron chi connectivity index (χ0n) is 18.6. The van der Waals surface area contributed by atoms with Gasteiger partial charge in [0.2, 0.25) is 6.41 Å². The second-order valence-corrected chi connectivity index (χ2v) is 8.55. The van der Waals surface area contributed by atoms with E-state index in [9.17, 15) is 14.7 Å². The Balaban J connectivity index is 0.000000189. The zero-order chi connectivity index (χ0) is 23.5. The number of ether oxygens (including phenoxy) is 1. The number of benzene rings is 2. The summed E-state index contributed by atoms with van der Waals surface area (Å²) in [5.74, 6) is 0.227. The number of para-hydroxylation sites is 2. The van der Waals surface area contributed by atoms with Crippen molar-refractivity contribution in [2.24, 2.45) is 0 Å². The Hall–Kier alpha value is -3.36. The second kappa shape index (κ2) is 12.6. The molecule has 0 aliphatic carbocycles. The van der Waals surface area contributed by atoms with Crippen LogP contribution in [-0.4, -0.2) is 49.8 Å². The van der Waals surface area contributed by atoms with Gasteiger partial charge in [-0.15, -0.1) is 11.3 Å². The average Bonchev–Trinajstić information content (AvgIpc) is 3.38. The van der Waals surface area contributed by atoms with Gasteiger partial charge in [-0.1, -0.05) is 30.3 Å². The van der Waals surface area contributed by atoms with E-state index in [1.54, 1.807) is 12.1 Å². The highest BCUT2D eigenvalue weighted by Crippen LogP contribution is 2.25. The highest BCUT2D eigenvalue weighted by Gasteiger charge is 2.14. The molecule has 4 rings (SSSR count).